The molecule has 0 aromatic heterocycles. The minimum atomic E-state index is -0.762. The number of halogens is 1. The van der Waals surface area contributed by atoms with Gasteiger partial charge in [-0.1, -0.05) is 35.0 Å². The Hall–Kier alpha value is -1.36. The molecular weight excluding hydrogens is 334 g/mol. The summed E-state index contributed by atoms with van der Waals surface area (Å²) >= 11 is 3.44. The van der Waals surface area contributed by atoms with Crippen LogP contribution in [0.4, 0.5) is 0 Å². The zero-order chi connectivity index (χ0) is 15.4. The number of carboxylic acids is 1. The van der Waals surface area contributed by atoms with Gasteiger partial charge in [0, 0.05) is 16.4 Å². The van der Waals surface area contributed by atoms with Crippen molar-refractivity contribution in [3.05, 3.63) is 34.3 Å². The highest BCUT2D eigenvalue weighted by molar-refractivity contribution is 9.10. The van der Waals surface area contributed by atoms with Crippen molar-refractivity contribution in [3.63, 3.8) is 0 Å². The lowest BCUT2D eigenvalue weighted by Crippen LogP contribution is -2.48. The molecule has 114 valence electrons. The van der Waals surface area contributed by atoms with Gasteiger partial charge in [0.25, 0.3) is 0 Å². The molecule has 0 bridgehead atoms. The Morgan fingerprint density at radius 1 is 1.43 bits per heavy atom. The Morgan fingerprint density at radius 3 is 2.71 bits per heavy atom. The van der Waals surface area contributed by atoms with E-state index in [4.69, 9.17) is 5.11 Å². The zero-order valence-corrected chi connectivity index (χ0v) is 13.6. The van der Waals surface area contributed by atoms with Gasteiger partial charge in [0.05, 0.1) is 5.92 Å². The van der Waals surface area contributed by atoms with Crippen molar-refractivity contribution >= 4 is 27.8 Å². The first-order valence-corrected chi connectivity index (χ1v) is 8.06. The molecule has 2 rings (SSSR count). The number of hydrogen-bond donors (Lipinski definition) is 2. The molecule has 2 N–H and O–H groups in total. The van der Waals surface area contributed by atoms with Gasteiger partial charge in [-0.2, -0.15) is 0 Å². The Kier molecular flexibility index (Phi) is 5.39. The Morgan fingerprint density at radius 2 is 2.14 bits per heavy atom. The van der Waals surface area contributed by atoms with E-state index in [1.165, 1.54) is 0 Å². The number of carboxylic acid groups (broad SMARTS) is 1. The highest BCUT2D eigenvalue weighted by Crippen LogP contribution is 2.28. The lowest BCUT2D eigenvalue weighted by molar-refractivity contribution is -0.146. The molecule has 1 aliphatic carbocycles. The van der Waals surface area contributed by atoms with Crippen molar-refractivity contribution in [1.29, 1.82) is 0 Å². The minimum absolute atomic E-state index is 0.0233. The summed E-state index contributed by atoms with van der Waals surface area (Å²) in [5, 5.41) is 11.8. The van der Waals surface area contributed by atoms with Crippen LogP contribution in [-0.2, 0) is 16.0 Å². The number of carbonyl (C=O) groups excluding carboxylic acids is 1. The predicted octanol–water partition coefficient (Wildman–Crippen LogP) is 3.00. The second-order valence-corrected chi connectivity index (χ2v) is 6.57. The molecule has 1 fully saturated rings. The average Bonchev–Trinajstić information content (AvgIpc) is 2.39. The molecule has 1 amide bonds. The molecule has 0 heterocycles. The van der Waals surface area contributed by atoms with Crippen LogP contribution in [0, 0.1) is 11.8 Å². The Bertz CT molecular complexity index is 526. The smallest absolute Gasteiger partial charge is 0.306 e. The van der Waals surface area contributed by atoms with Gasteiger partial charge in [0.15, 0.2) is 0 Å². The van der Waals surface area contributed by atoms with E-state index in [0.717, 1.165) is 16.5 Å². The molecule has 1 unspecified atom stereocenters. The van der Waals surface area contributed by atoms with E-state index in [1.807, 2.05) is 31.2 Å². The summed E-state index contributed by atoms with van der Waals surface area (Å²) in [7, 11) is 0. The monoisotopic (exact) mass is 353 g/mol. The number of benzene rings is 1. The van der Waals surface area contributed by atoms with Crippen molar-refractivity contribution in [2.75, 3.05) is 0 Å². The lowest BCUT2D eigenvalue weighted by Gasteiger charge is -2.33. The summed E-state index contributed by atoms with van der Waals surface area (Å²) in [4.78, 5) is 23.0. The van der Waals surface area contributed by atoms with Crippen LogP contribution in [0.2, 0.25) is 0 Å². The van der Waals surface area contributed by atoms with Crippen molar-refractivity contribution in [2.24, 2.45) is 11.8 Å². The third kappa shape index (κ3) is 4.30. The molecule has 1 atom stereocenters. The topological polar surface area (TPSA) is 66.4 Å². The van der Waals surface area contributed by atoms with Crippen molar-refractivity contribution in [3.8, 4) is 0 Å². The molecule has 0 spiro atoms. The second kappa shape index (κ2) is 7.07. The first-order chi connectivity index (χ1) is 9.99. The quantitative estimate of drug-likeness (QED) is 0.825. The van der Waals surface area contributed by atoms with Crippen molar-refractivity contribution in [2.45, 2.75) is 38.6 Å². The SMILES string of the molecule is CCC(Cc1cccc(Br)c1)C(=O)NC1CC(C(=O)O)C1. The predicted molar refractivity (Wildman–Crippen MR) is 83.9 cm³/mol. The molecule has 1 saturated carbocycles. The second-order valence-electron chi connectivity index (χ2n) is 5.65. The van der Waals surface area contributed by atoms with E-state index in [2.05, 4.69) is 21.2 Å². The van der Waals surface area contributed by atoms with Gasteiger partial charge in [0.2, 0.25) is 5.91 Å². The van der Waals surface area contributed by atoms with Crippen LogP contribution in [0.5, 0.6) is 0 Å². The van der Waals surface area contributed by atoms with E-state index in [-0.39, 0.29) is 23.8 Å². The van der Waals surface area contributed by atoms with Crippen LogP contribution >= 0.6 is 15.9 Å². The van der Waals surface area contributed by atoms with Crippen LogP contribution in [0.3, 0.4) is 0 Å². The summed E-state index contributed by atoms with van der Waals surface area (Å²) < 4.78 is 1.01. The molecule has 5 heteroatoms. The molecule has 0 saturated heterocycles. The largest absolute Gasteiger partial charge is 0.481 e. The first kappa shape index (κ1) is 16.0. The maximum absolute atomic E-state index is 12.3. The fourth-order valence-electron chi connectivity index (χ4n) is 2.63. The Labute approximate surface area is 133 Å². The fraction of sp³-hybridized carbons (Fsp3) is 0.500. The van der Waals surface area contributed by atoms with Crippen LogP contribution in [0.1, 0.15) is 31.7 Å². The maximum Gasteiger partial charge on any atom is 0.306 e. The minimum Gasteiger partial charge on any atom is -0.481 e. The van der Waals surface area contributed by atoms with Gasteiger partial charge < -0.3 is 10.4 Å². The molecule has 4 nitrogen and oxygen atoms in total. The molecule has 1 aromatic carbocycles. The highest BCUT2D eigenvalue weighted by Gasteiger charge is 2.36. The Balaban J connectivity index is 1.86. The van der Waals surface area contributed by atoms with E-state index in [9.17, 15) is 9.59 Å². The van der Waals surface area contributed by atoms with E-state index in [0.29, 0.717) is 19.3 Å². The number of nitrogens with one attached hydrogen (secondary N) is 1. The molecule has 0 radical (unpaired) electrons. The van der Waals surface area contributed by atoms with Gasteiger partial charge in [-0.15, -0.1) is 0 Å². The number of aliphatic carboxylic acids is 1. The fourth-order valence-corrected chi connectivity index (χ4v) is 3.07. The third-order valence-corrected chi connectivity index (χ3v) is 4.56. The van der Waals surface area contributed by atoms with Gasteiger partial charge >= 0.3 is 5.97 Å². The highest BCUT2D eigenvalue weighted by atomic mass is 79.9. The summed E-state index contributed by atoms with van der Waals surface area (Å²) in [5.41, 5.74) is 1.13. The molecule has 21 heavy (non-hydrogen) atoms. The average molecular weight is 354 g/mol. The van der Waals surface area contributed by atoms with Gasteiger partial charge in [-0.25, -0.2) is 0 Å². The lowest BCUT2D eigenvalue weighted by atomic mass is 9.80. The zero-order valence-electron chi connectivity index (χ0n) is 12.0. The number of rotatable bonds is 6. The van der Waals surface area contributed by atoms with E-state index < -0.39 is 5.97 Å². The molecular formula is C16H20BrNO3. The molecule has 1 aromatic rings. The van der Waals surface area contributed by atoms with E-state index >= 15 is 0 Å². The van der Waals surface area contributed by atoms with Crippen LogP contribution in [0.15, 0.2) is 28.7 Å². The number of hydrogen-bond acceptors (Lipinski definition) is 2. The summed E-state index contributed by atoms with van der Waals surface area (Å²) in [5.74, 6) is -1.09. The summed E-state index contributed by atoms with van der Waals surface area (Å²) in [6.45, 7) is 2.00. The van der Waals surface area contributed by atoms with Gasteiger partial charge in [0.1, 0.15) is 0 Å². The first-order valence-electron chi connectivity index (χ1n) is 7.27. The van der Waals surface area contributed by atoms with Gasteiger partial charge in [-0.05, 0) is 43.4 Å². The maximum atomic E-state index is 12.3. The van der Waals surface area contributed by atoms with Crippen LogP contribution in [-0.4, -0.2) is 23.0 Å². The third-order valence-electron chi connectivity index (χ3n) is 4.07. The van der Waals surface area contributed by atoms with Gasteiger partial charge in [-0.3, -0.25) is 9.59 Å². The number of amides is 1. The normalized spacial score (nSPS) is 22.2. The van der Waals surface area contributed by atoms with E-state index in [1.54, 1.807) is 0 Å². The van der Waals surface area contributed by atoms with Crippen molar-refractivity contribution < 1.29 is 14.7 Å². The number of carbonyl (C=O) groups is 2. The van der Waals surface area contributed by atoms with Crippen molar-refractivity contribution in [1.82, 2.24) is 5.32 Å². The van der Waals surface area contributed by atoms with Crippen LogP contribution < -0.4 is 5.32 Å². The molecule has 1 aliphatic rings. The summed E-state index contributed by atoms with van der Waals surface area (Å²) in [6, 6.07) is 8.00. The standard InChI is InChI=1S/C16H20BrNO3/c1-2-11(6-10-4-3-5-13(17)7-10)15(19)18-14-8-12(9-14)16(20)21/h3-5,7,11-12,14H,2,6,8-9H2,1H3,(H,18,19)(H,20,21). The van der Waals surface area contributed by atoms with Crippen LogP contribution in [0.25, 0.3) is 0 Å². The molecule has 0 aliphatic heterocycles. The summed E-state index contributed by atoms with van der Waals surface area (Å²) in [6.07, 6.45) is 2.58.